The summed E-state index contributed by atoms with van der Waals surface area (Å²) in [5.41, 5.74) is 5.73. The summed E-state index contributed by atoms with van der Waals surface area (Å²) in [7, 11) is -3.30. The molecular formula is C13H20ClF2N3O3S. The van der Waals surface area contributed by atoms with Gasteiger partial charge < -0.3 is 11.1 Å². The van der Waals surface area contributed by atoms with Crippen LogP contribution < -0.4 is 15.8 Å². The van der Waals surface area contributed by atoms with Crippen molar-refractivity contribution in [3.8, 4) is 0 Å². The highest BCUT2D eigenvalue weighted by atomic mass is 35.5. The molecule has 0 aliphatic carbocycles. The van der Waals surface area contributed by atoms with Gasteiger partial charge in [-0.05, 0) is 24.6 Å². The van der Waals surface area contributed by atoms with Crippen LogP contribution in [0.3, 0.4) is 0 Å². The van der Waals surface area contributed by atoms with Gasteiger partial charge in [-0.1, -0.05) is 12.1 Å². The Kier molecular flexibility index (Phi) is 8.60. The van der Waals surface area contributed by atoms with Crippen LogP contribution >= 0.6 is 12.4 Å². The molecular weight excluding hydrogens is 352 g/mol. The minimum absolute atomic E-state index is 0. The van der Waals surface area contributed by atoms with Gasteiger partial charge in [-0.25, -0.2) is 21.9 Å². The molecule has 1 aromatic rings. The van der Waals surface area contributed by atoms with Crippen LogP contribution in [-0.2, 0) is 16.6 Å². The van der Waals surface area contributed by atoms with Gasteiger partial charge in [0.15, 0.2) is 0 Å². The smallest absolute Gasteiger partial charge is 0.277 e. The summed E-state index contributed by atoms with van der Waals surface area (Å²) in [5, 5.41) is 2.09. The summed E-state index contributed by atoms with van der Waals surface area (Å²) >= 11 is 0. The number of nitrogens with one attached hydrogen (secondary N) is 2. The SMILES string of the molecule is CCS(=O)(=O)NCc1ccc(C(=O)NCC(F)(F)CN)cc1.Cl. The molecule has 0 spiro atoms. The van der Waals surface area contributed by atoms with Gasteiger partial charge >= 0.3 is 0 Å². The highest BCUT2D eigenvalue weighted by Gasteiger charge is 2.27. The monoisotopic (exact) mass is 371 g/mol. The van der Waals surface area contributed by atoms with Crippen LogP contribution in [0.25, 0.3) is 0 Å². The van der Waals surface area contributed by atoms with Crippen LogP contribution in [-0.4, -0.2) is 39.1 Å². The number of alkyl halides is 2. The number of hydrogen-bond donors (Lipinski definition) is 3. The number of benzene rings is 1. The minimum Gasteiger partial charge on any atom is -0.346 e. The number of carbonyl (C=O) groups excluding carboxylic acids is 1. The van der Waals surface area contributed by atoms with Crippen LogP contribution in [0.2, 0.25) is 0 Å². The van der Waals surface area contributed by atoms with Gasteiger partial charge in [0.1, 0.15) is 0 Å². The van der Waals surface area contributed by atoms with E-state index in [-0.39, 0.29) is 30.3 Å². The van der Waals surface area contributed by atoms with Crippen LogP contribution in [0.4, 0.5) is 8.78 Å². The molecule has 10 heteroatoms. The van der Waals surface area contributed by atoms with E-state index in [1.54, 1.807) is 12.1 Å². The average Bonchev–Trinajstić information content (AvgIpc) is 2.51. The molecule has 0 aromatic heterocycles. The summed E-state index contributed by atoms with van der Waals surface area (Å²) in [6.45, 7) is -0.0552. The Labute approximate surface area is 140 Å². The third kappa shape index (κ3) is 7.69. The Morgan fingerprint density at radius 2 is 1.83 bits per heavy atom. The molecule has 0 atom stereocenters. The third-order valence-electron chi connectivity index (χ3n) is 2.90. The molecule has 0 fully saturated rings. The molecule has 132 valence electrons. The molecule has 1 rings (SSSR count). The second-order valence-electron chi connectivity index (χ2n) is 4.66. The molecule has 0 saturated carbocycles. The van der Waals surface area contributed by atoms with Crippen molar-refractivity contribution in [2.45, 2.75) is 19.4 Å². The fourth-order valence-corrected chi connectivity index (χ4v) is 2.04. The molecule has 0 radical (unpaired) electrons. The van der Waals surface area contributed by atoms with Gasteiger partial charge in [0, 0.05) is 12.1 Å². The van der Waals surface area contributed by atoms with Crippen LogP contribution in [0.5, 0.6) is 0 Å². The van der Waals surface area contributed by atoms with Gasteiger partial charge in [0.2, 0.25) is 10.0 Å². The lowest BCUT2D eigenvalue weighted by Crippen LogP contribution is -2.41. The first-order chi connectivity index (χ1) is 10.2. The predicted molar refractivity (Wildman–Crippen MR) is 86.3 cm³/mol. The average molecular weight is 372 g/mol. The summed E-state index contributed by atoms with van der Waals surface area (Å²) in [4.78, 5) is 11.7. The fourth-order valence-electron chi connectivity index (χ4n) is 1.45. The van der Waals surface area contributed by atoms with Gasteiger partial charge in [-0.2, -0.15) is 0 Å². The van der Waals surface area contributed by atoms with E-state index in [0.717, 1.165) is 0 Å². The Morgan fingerprint density at radius 1 is 1.26 bits per heavy atom. The van der Waals surface area contributed by atoms with Crippen LogP contribution in [0, 0.1) is 0 Å². The molecule has 0 aliphatic rings. The number of carbonyl (C=O) groups is 1. The standard InChI is InChI=1S/C13H19F2N3O3S.ClH/c1-2-22(20,21)18-7-10-3-5-11(6-4-10)12(19)17-9-13(14,15)8-16;/h3-6,18H,2,7-9,16H2,1H3,(H,17,19);1H. The van der Waals surface area contributed by atoms with Crippen molar-refractivity contribution in [3.05, 3.63) is 35.4 Å². The molecule has 1 aromatic carbocycles. The van der Waals surface area contributed by atoms with Crippen molar-refractivity contribution in [1.82, 2.24) is 10.0 Å². The Bertz CT molecular complexity index is 609. The zero-order chi connectivity index (χ0) is 16.8. The molecule has 0 unspecified atom stereocenters. The normalized spacial score (nSPS) is 11.7. The minimum atomic E-state index is -3.30. The number of amides is 1. The Hall–Kier alpha value is -1.29. The molecule has 0 heterocycles. The molecule has 4 N–H and O–H groups in total. The summed E-state index contributed by atoms with van der Waals surface area (Å²) in [5.74, 6) is -3.81. The molecule has 1 amide bonds. The van der Waals surface area contributed by atoms with Crippen molar-refractivity contribution in [1.29, 1.82) is 0 Å². The van der Waals surface area contributed by atoms with Crippen molar-refractivity contribution in [2.24, 2.45) is 5.73 Å². The van der Waals surface area contributed by atoms with E-state index in [1.165, 1.54) is 19.1 Å². The van der Waals surface area contributed by atoms with Gasteiger partial charge in [-0.3, -0.25) is 4.79 Å². The molecule has 0 aliphatic heterocycles. The van der Waals surface area contributed by atoms with Crippen molar-refractivity contribution in [2.75, 3.05) is 18.8 Å². The Balaban J connectivity index is 0.00000484. The first kappa shape index (κ1) is 21.7. The second kappa shape index (κ2) is 9.11. The lowest BCUT2D eigenvalue weighted by Gasteiger charge is -2.14. The molecule has 0 bridgehead atoms. The van der Waals surface area contributed by atoms with Crippen molar-refractivity contribution >= 4 is 28.3 Å². The first-order valence-corrected chi connectivity index (χ1v) is 8.26. The van der Waals surface area contributed by atoms with Gasteiger partial charge in [0.05, 0.1) is 18.8 Å². The van der Waals surface area contributed by atoms with E-state index in [2.05, 4.69) is 10.0 Å². The summed E-state index contributed by atoms with van der Waals surface area (Å²) in [6, 6.07) is 5.97. The van der Waals surface area contributed by atoms with E-state index >= 15 is 0 Å². The number of nitrogens with two attached hydrogens (primary N) is 1. The fraction of sp³-hybridized carbons (Fsp3) is 0.462. The topological polar surface area (TPSA) is 101 Å². The highest BCUT2D eigenvalue weighted by molar-refractivity contribution is 7.89. The number of sulfonamides is 1. The first-order valence-electron chi connectivity index (χ1n) is 6.61. The van der Waals surface area contributed by atoms with Gasteiger partial charge in [-0.15, -0.1) is 12.4 Å². The van der Waals surface area contributed by atoms with Crippen LogP contribution in [0.1, 0.15) is 22.8 Å². The lowest BCUT2D eigenvalue weighted by molar-refractivity contribution is 0.0118. The van der Waals surface area contributed by atoms with E-state index in [1.807, 2.05) is 0 Å². The van der Waals surface area contributed by atoms with Crippen molar-refractivity contribution in [3.63, 3.8) is 0 Å². The Morgan fingerprint density at radius 3 is 2.30 bits per heavy atom. The highest BCUT2D eigenvalue weighted by Crippen LogP contribution is 2.10. The zero-order valence-corrected chi connectivity index (χ0v) is 14.1. The van der Waals surface area contributed by atoms with Gasteiger partial charge in [0.25, 0.3) is 11.8 Å². The number of hydrogen-bond acceptors (Lipinski definition) is 4. The largest absolute Gasteiger partial charge is 0.346 e. The van der Waals surface area contributed by atoms with Crippen molar-refractivity contribution < 1.29 is 22.0 Å². The lowest BCUT2D eigenvalue weighted by atomic mass is 10.1. The number of halogens is 3. The zero-order valence-electron chi connectivity index (χ0n) is 12.5. The maximum absolute atomic E-state index is 12.9. The maximum Gasteiger partial charge on any atom is 0.277 e. The molecule has 23 heavy (non-hydrogen) atoms. The third-order valence-corrected chi connectivity index (χ3v) is 4.24. The van der Waals surface area contributed by atoms with E-state index in [9.17, 15) is 22.0 Å². The maximum atomic E-state index is 12.9. The van der Waals surface area contributed by atoms with E-state index in [0.29, 0.717) is 5.56 Å². The molecule has 0 saturated heterocycles. The molecule has 6 nitrogen and oxygen atoms in total. The predicted octanol–water partition coefficient (Wildman–Crippen LogP) is 0.871. The summed E-state index contributed by atoms with van der Waals surface area (Å²) < 4.78 is 50.9. The second-order valence-corrected chi connectivity index (χ2v) is 6.76. The summed E-state index contributed by atoms with van der Waals surface area (Å²) in [6.07, 6.45) is 0. The van der Waals surface area contributed by atoms with E-state index in [4.69, 9.17) is 5.73 Å². The van der Waals surface area contributed by atoms with E-state index < -0.39 is 34.9 Å². The number of rotatable bonds is 8. The quantitative estimate of drug-likeness (QED) is 0.631. The van der Waals surface area contributed by atoms with Crippen LogP contribution in [0.15, 0.2) is 24.3 Å².